The molecule has 1 rings (SSSR count). The smallest absolute Gasteiger partial charge is 0.179 e. The second kappa shape index (κ2) is 3.75. The Morgan fingerprint density at radius 3 is 2.45 bits per heavy atom. The molecular weight excluding hydrogens is 257 g/mol. The van der Waals surface area contributed by atoms with Crippen LogP contribution in [0.3, 0.4) is 0 Å². The lowest BCUT2D eigenvalue weighted by molar-refractivity contribution is 0.353. The summed E-state index contributed by atoms with van der Waals surface area (Å²) in [6.07, 6.45) is 1.64. The molecule has 0 bridgehead atoms. The van der Waals surface area contributed by atoms with Crippen molar-refractivity contribution in [2.45, 2.75) is 0 Å². The Bertz CT molecular complexity index is 252. The lowest BCUT2D eigenvalue weighted by Gasteiger charge is -2.05. The number of nitrogens with zero attached hydrogens (tertiary/aromatic N) is 1. The van der Waals surface area contributed by atoms with Crippen LogP contribution in [-0.4, -0.2) is 19.2 Å². The molecule has 0 saturated heterocycles. The normalized spacial score (nSPS) is 9.36. The molecule has 0 N–H and O–H groups in total. The van der Waals surface area contributed by atoms with Crippen LogP contribution in [0.25, 0.3) is 0 Å². The van der Waals surface area contributed by atoms with Crippen LogP contribution >= 0.6 is 22.6 Å². The van der Waals surface area contributed by atoms with E-state index in [1.165, 1.54) is 0 Å². The van der Waals surface area contributed by atoms with E-state index in [4.69, 9.17) is 9.47 Å². The average Bonchev–Trinajstić information content (AvgIpc) is 2.04. The summed E-state index contributed by atoms with van der Waals surface area (Å²) in [7, 11) is 3.19. The van der Waals surface area contributed by atoms with Crippen molar-refractivity contribution >= 4 is 22.6 Å². The van der Waals surface area contributed by atoms with Crippen molar-refractivity contribution in [3.05, 3.63) is 16.0 Å². The minimum atomic E-state index is 0.660. The van der Waals surface area contributed by atoms with Gasteiger partial charge in [-0.05, 0) is 22.6 Å². The zero-order chi connectivity index (χ0) is 8.27. The topological polar surface area (TPSA) is 31.4 Å². The molecule has 60 valence electrons. The zero-order valence-corrected chi connectivity index (χ0v) is 8.45. The molecule has 1 aromatic heterocycles. The molecule has 0 saturated carbocycles. The van der Waals surface area contributed by atoms with Gasteiger partial charge in [0.25, 0.3) is 0 Å². The Labute approximate surface area is 78.9 Å². The molecule has 1 aromatic rings. The maximum atomic E-state index is 5.05. The monoisotopic (exact) mass is 265 g/mol. The Morgan fingerprint density at radius 2 is 1.91 bits per heavy atom. The van der Waals surface area contributed by atoms with Crippen LogP contribution in [0, 0.1) is 3.70 Å². The highest BCUT2D eigenvalue weighted by atomic mass is 127. The summed E-state index contributed by atoms with van der Waals surface area (Å²) in [6.45, 7) is 0. The third-order valence-corrected chi connectivity index (χ3v) is 1.83. The molecule has 0 aliphatic rings. The van der Waals surface area contributed by atoms with Gasteiger partial charge in [-0.25, -0.2) is 4.98 Å². The molecule has 0 spiro atoms. The van der Waals surface area contributed by atoms with E-state index >= 15 is 0 Å². The number of pyridine rings is 1. The van der Waals surface area contributed by atoms with E-state index in [0.29, 0.717) is 11.5 Å². The maximum Gasteiger partial charge on any atom is 0.179 e. The van der Waals surface area contributed by atoms with Crippen molar-refractivity contribution < 1.29 is 9.47 Å². The third-order valence-electron chi connectivity index (χ3n) is 1.24. The van der Waals surface area contributed by atoms with E-state index in [1.54, 1.807) is 20.4 Å². The van der Waals surface area contributed by atoms with Gasteiger partial charge in [-0.1, -0.05) is 0 Å². The molecule has 11 heavy (non-hydrogen) atoms. The quantitative estimate of drug-likeness (QED) is 0.602. The molecule has 0 unspecified atom stereocenters. The van der Waals surface area contributed by atoms with E-state index in [-0.39, 0.29) is 0 Å². The highest BCUT2D eigenvalue weighted by Gasteiger charge is 2.02. The fourth-order valence-electron chi connectivity index (χ4n) is 0.713. The van der Waals surface area contributed by atoms with Crippen LogP contribution in [0.1, 0.15) is 0 Å². The van der Waals surface area contributed by atoms with Gasteiger partial charge in [-0.3, -0.25) is 0 Å². The average molecular weight is 265 g/mol. The van der Waals surface area contributed by atoms with Crippen LogP contribution in [0.2, 0.25) is 0 Å². The summed E-state index contributed by atoms with van der Waals surface area (Å²) >= 11 is 2.12. The highest BCUT2D eigenvalue weighted by Crippen LogP contribution is 2.25. The zero-order valence-electron chi connectivity index (χ0n) is 6.30. The number of aromatic nitrogens is 1. The molecule has 0 atom stereocenters. The number of halogens is 1. The first kappa shape index (κ1) is 8.58. The predicted molar refractivity (Wildman–Crippen MR) is 50.1 cm³/mol. The summed E-state index contributed by atoms with van der Waals surface area (Å²) in [5.41, 5.74) is 0. The lowest BCUT2D eigenvalue weighted by atomic mass is 10.4. The first-order chi connectivity index (χ1) is 5.27. The summed E-state index contributed by atoms with van der Waals surface area (Å²) in [5.74, 6) is 1.37. The van der Waals surface area contributed by atoms with Crippen LogP contribution < -0.4 is 9.47 Å². The summed E-state index contributed by atoms with van der Waals surface area (Å²) in [4.78, 5) is 4.04. The van der Waals surface area contributed by atoms with E-state index in [9.17, 15) is 0 Å². The van der Waals surface area contributed by atoms with Crippen LogP contribution in [0.4, 0.5) is 0 Å². The van der Waals surface area contributed by atoms with Crippen molar-refractivity contribution in [3.8, 4) is 11.5 Å². The van der Waals surface area contributed by atoms with Crippen molar-refractivity contribution in [1.29, 1.82) is 0 Å². The van der Waals surface area contributed by atoms with E-state index in [0.717, 1.165) is 3.70 Å². The molecule has 0 aromatic carbocycles. The van der Waals surface area contributed by atoms with Gasteiger partial charge in [0.15, 0.2) is 11.5 Å². The summed E-state index contributed by atoms with van der Waals surface area (Å²) < 4.78 is 10.9. The van der Waals surface area contributed by atoms with Crippen molar-refractivity contribution in [2.24, 2.45) is 0 Å². The van der Waals surface area contributed by atoms with Gasteiger partial charge < -0.3 is 9.47 Å². The van der Waals surface area contributed by atoms with Crippen molar-refractivity contribution in [2.75, 3.05) is 14.2 Å². The predicted octanol–water partition coefficient (Wildman–Crippen LogP) is 1.70. The molecule has 4 heteroatoms. The molecule has 1 heterocycles. The molecule has 0 radical (unpaired) electrons. The minimum Gasteiger partial charge on any atom is -0.493 e. The third kappa shape index (κ3) is 1.95. The van der Waals surface area contributed by atoms with Gasteiger partial charge in [0, 0.05) is 6.07 Å². The van der Waals surface area contributed by atoms with Crippen LogP contribution in [0.15, 0.2) is 12.3 Å². The Morgan fingerprint density at radius 1 is 1.27 bits per heavy atom. The lowest BCUT2D eigenvalue weighted by Crippen LogP contribution is -1.92. The number of hydrogen-bond donors (Lipinski definition) is 0. The van der Waals surface area contributed by atoms with Gasteiger partial charge >= 0.3 is 0 Å². The Hall–Kier alpha value is -0.520. The van der Waals surface area contributed by atoms with Gasteiger partial charge in [0.1, 0.15) is 3.70 Å². The Balaban J connectivity index is 3.06. The standard InChI is InChI=1S/C7H8INO2/c1-10-5-3-7(8)9-4-6(5)11-2/h3-4H,1-2H3. The highest BCUT2D eigenvalue weighted by molar-refractivity contribution is 14.1. The molecule has 0 aliphatic heterocycles. The minimum absolute atomic E-state index is 0.660. The van der Waals surface area contributed by atoms with Gasteiger partial charge in [-0.15, -0.1) is 0 Å². The van der Waals surface area contributed by atoms with Gasteiger partial charge in [0.05, 0.1) is 20.4 Å². The van der Waals surface area contributed by atoms with E-state index in [2.05, 4.69) is 27.6 Å². The van der Waals surface area contributed by atoms with Crippen molar-refractivity contribution in [3.63, 3.8) is 0 Å². The fourth-order valence-corrected chi connectivity index (χ4v) is 1.14. The van der Waals surface area contributed by atoms with Crippen LogP contribution in [0.5, 0.6) is 11.5 Å². The van der Waals surface area contributed by atoms with Crippen molar-refractivity contribution in [1.82, 2.24) is 4.98 Å². The van der Waals surface area contributed by atoms with E-state index in [1.807, 2.05) is 6.07 Å². The number of hydrogen-bond acceptors (Lipinski definition) is 3. The van der Waals surface area contributed by atoms with Gasteiger partial charge in [0.2, 0.25) is 0 Å². The summed E-state index contributed by atoms with van der Waals surface area (Å²) in [6, 6.07) is 1.82. The second-order valence-electron chi connectivity index (χ2n) is 1.86. The first-order valence-electron chi connectivity index (χ1n) is 3.01. The number of ether oxygens (including phenoxy) is 2. The Kier molecular flexibility index (Phi) is 2.92. The largest absolute Gasteiger partial charge is 0.493 e. The SMILES string of the molecule is COc1cnc(I)cc1OC. The molecule has 0 amide bonds. The maximum absolute atomic E-state index is 5.05. The molecule has 3 nitrogen and oxygen atoms in total. The molecule has 0 fully saturated rings. The second-order valence-corrected chi connectivity index (χ2v) is 2.97. The van der Waals surface area contributed by atoms with Crippen LogP contribution in [-0.2, 0) is 0 Å². The first-order valence-corrected chi connectivity index (χ1v) is 4.09. The molecular formula is C7H8INO2. The van der Waals surface area contributed by atoms with Gasteiger partial charge in [-0.2, -0.15) is 0 Å². The molecule has 0 aliphatic carbocycles. The number of rotatable bonds is 2. The fraction of sp³-hybridized carbons (Fsp3) is 0.286. The summed E-state index contributed by atoms with van der Waals surface area (Å²) in [5, 5.41) is 0. The van der Waals surface area contributed by atoms with E-state index < -0.39 is 0 Å². The number of methoxy groups -OCH3 is 2.